The van der Waals surface area contributed by atoms with Crippen LogP contribution in [0.15, 0.2) is 41.7 Å². The lowest BCUT2D eigenvalue weighted by atomic mass is 10.1. The maximum atomic E-state index is 12.0. The van der Waals surface area contributed by atoms with Gasteiger partial charge >= 0.3 is 0 Å². The van der Waals surface area contributed by atoms with Crippen molar-refractivity contribution in [1.82, 2.24) is 25.5 Å². The third kappa shape index (κ3) is 2.62. The van der Waals surface area contributed by atoms with Crippen LogP contribution in [0.2, 0.25) is 0 Å². The van der Waals surface area contributed by atoms with E-state index in [0.717, 1.165) is 4.47 Å². The molecule has 0 bridgehead atoms. The maximum absolute atomic E-state index is 12.0. The highest BCUT2D eigenvalue weighted by atomic mass is 79.9. The van der Waals surface area contributed by atoms with E-state index >= 15 is 0 Å². The topological polar surface area (TPSA) is 72.7 Å². The Morgan fingerprint density at radius 3 is 3.06 bits per heavy atom. The molecule has 2 rings (SSSR count). The summed E-state index contributed by atoms with van der Waals surface area (Å²) in [5.41, 5.74) is 1.10. The summed E-state index contributed by atoms with van der Waals surface area (Å²) >= 11 is 3.34. The lowest BCUT2D eigenvalue weighted by Crippen LogP contribution is -2.24. The second kappa shape index (κ2) is 5.54. The minimum atomic E-state index is -0.207. The number of hydrogen-bond donors (Lipinski definition) is 1. The zero-order chi connectivity index (χ0) is 13.0. The third-order valence-electron chi connectivity index (χ3n) is 2.21. The number of tetrazole rings is 1. The SMILES string of the molecule is C=CCNC(=O)c1cc(Br)ccc1-n1cnnn1. The number of carbonyl (C=O) groups is 1. The number of halogens is 1. The number of carbonyl (C=O) groups excluding carboxylic acids is 1. The normalized spacial score (nSPS) is 10.1. The minimum absolute atomic E-state index is 0.207. The van der Waals surface area contributed by atoms with Crippen LogP contribution < -0.4 is 5.32 Å². The molecule has 92 valence electrons. The summed E-state index contributed by atoms with van der Waals surface area (Å²) in [4.78, 5) is 12.0. The summed E-state index contributed by atoms with van der Waals surface area (Å²) in [5, 5.41) is 13.6. The average Bonchev–Trinajstić information content (AvgIpc) is 2.89. The number of nitrogens with one attached hydrogen (secondary N) is 1. The number of amides is 1. The highest BCUT2D eigenvalue weighted by Crippen LogP contribution is 2.19. The van der Waals surface area contributed by atoms with Crippen molar-refractivity contribution in [3.8, 4) is 5.69 Å². The molecule has 1 N–H and O–H groups in total. The highest BCUT2D eigenvalue weighted by Gasteiger charge is 2.13. The van der Waals surface area contributed by atoms with Gasteiger partial charge in [-0.3, -0.25) is 4.79 Å². The van der Waals surface area contributed by atoms with E-state index in [2.05, 4.69) is 43.4 Å². The van der Waals surface area contributed by atoms with Crippen molar-refractivity contribution in [2.45, 2.75) is 0 Å². The fourth-order valence-electron chi connectivity index (χ4n) is 1.42. The van der Waals surface area contributed by atoms with Gasteiger partial charge in [0, 0.05) is 11.0 Å². The zero-order valence-electron chi connectivity index (χ0n) is 9.38. The van der Waals surface area contributed by atoms with Gasteiger partial charge < -0.3 is 5.32 Å². The fraction of sp³-hybridized carbons (Fsp3) is 0.0909. The van der Waals surface area contributed by atoms with Crippen molar-refractivity contribution >= 4 is 21.8 Å². The molecule has 1 heterocycles. The van der Waals surface area contributed by atoms with E-state index in [4.69, 9.17) is 0 Å². The van der Waals surface area contributed by atoms with Crippen LogP contribution in [0, 0.1) is 0 Å². The molecule has 0 aliphatic carbocycles. The minimum Gasteiger partial charge on any atom is -0.349 e. The smallest absolute Gasteiger partial charge is 0.253 e. The number of rotatable bonds is 4. The Hall–Kier alpha value is -2.02. The monoisotopic (exact) mass is 307 g/mol. The van der Waals surface area contributed by atoms with Gasteiger partial charge in [-0.1, -0.05) is 22.0 Å². The molecule has 18 heavy (non-hydrogen) atoms. The van der Waals surface area contributed by atoms with Gasteiger partial charge in [0.05, 0.1) is 11.3 Å². The lowest BCUT2D eigenvalue weighted by molar-refractivity contribution is 0.0958. The van der Waals surface area contributed by atoms with Gasteiger partial charge in [0.1, 0.15) is 6.33 Å². The molecule has 1 amide bonds. The number of benzene rings is 1. The van der Waals surface area contributed by atoms with Crippen LogP contribution >= 0.6 is 15.9 Å². The standard InChI is InChI=1S/C11H10BrN5O/c1-2-5-13-11(18)9-6-8(12)3-4-10(9)17-7-14-15-16-17/h2-4,6-7H,1,5H2,(H,13,18). The molecular weight excluding hydrogens is 298 g/mol. The summed E-state index contributed by atoms with van der Waals surface area (Å²) in [6.07, 6.45) is 3.06. The van der Waals surface area contributed by atoms with E-state index in [-0.39, 0.29) is 5.91 Å². The lowest BCUT2D eigenvalue weighted by Gasteiger charge is -2.08. The van der Waals surface area contributed by atoms with Crippen molar-refractivity contribution in [2.75, 3.05) is 6.54 Å². The van der Waals surface area contributed by atoms with Crippen molar-refractivity contribution in [3.63, 3.8) is 0 Å². The van der Waals surface area contributed by atoms with Gasteiger partial charge in [-0.2, -0.15) is 4.68 Å². The molecule has 0 saturated carbocycles. The van der Waals surface area contributed by atoms with E-state index in [0.29, 0.717) is 17.8 Å². The highest BCUT2D eigenvalue weighted by molar-refractivity contribution is 9.10. The van der Waals surface area contributed by atoms with Crippen LogP contribution in [0.4, 0.5) is 0 Å². The molecule has 0 atom stereocenters. The average molecular weight is 308 g/mol. The Morgan fingerprint density at radius 2 is 2.39 bits per heavy atom. The van der Waals surface area contributed by atoms with Crippen LogP contribution in [-0.4, -0.2) is 32.7 Å². The van der Waals surface area contributed by atoms with Gasteiger partial charge in [0.25, 0.3) is 5.91 Å². The molecule has 0 aliphatic rings. The summed E-state index contributed by atoms with van der Waals surface area (Å²) in [5.74, 6) is -0.207. The summed E-state index contributed by atoms with van der Waals surface area (Å²) in [6, 6.07) is 5.31. The molecule has 1 aromatic heterocycles. The molecule has 6 nitrogen and oxygen atoms in total. The molecular formula is C11H10BrN5O. The van der Waals surface area contributed by atoms with Gasteiger partial charge in [0.15, 0.2) is 0 Å². The first kappa shape index (κ1) is 12.4. The molecule has 7 heteroatoms. The predicted octanol–water partition coefficient (Wildman–Crippen LogP) is 1.34. The Kier molecular flexibility index (Phi) is 3.83. The first-order valence-corrected chi connectivity index (χ1v) is 5.93. The summed E-state index contributed by atoms with van der Waals surface area (Å²) in [6.45, 7) is 3.96. The van der Waals surface area contributed by atoms with Crippen molar-refractivity contribution in [3.05, 3.63) is 47.2 Å². The number of aromatic nitrogens is 4. The molecule has 0 unspecified atom stereocenters. The fourth-order valence-corrected chi connectivity index (χ4v) is 1.78. The largest absolute Gasteiger partial charge is 0.349 e. The zero-order valence-corrected chi connectivity index (χ0v) is 11.0. The third-order valence-corrected chi connectivity index (χ3v) is 2.70. The van der Waals surface area contributed by atoms with Crippen molar-refractivity contribution in [2.24, 2.45) is 0 Å². The molecule has 0 spiro atoms. The van der Waals surface area contributed by atoms with E-state index < -0.39 is 0 Å². The molecule has 0 radical (unpaired) electrons. The molecule has 1 aromatic carbocycles. The Morgan fingerprint density at radius 1 is 1.56 bits per heavy atom. The van der Waals surface area contributed by atoms with E-state index in [1.807, 2.05) is 6.07 Å². The Bertz CT molecular complexity index is 567. The first-order valence-electron chi connectivity index (χ1n) is 5.14. The van der Waals surface area contributed by atoms with Gasteiger partial charge in [-0.05, 0) is 28.6 Å². The van der Waals surface area contributed by atoms with Gasteiger partial charge in [0.2, 0.25) is 0 Å². The Balaban J connectivity index is 2.41. The predicted molar refractivity (Wildman–Crippen MR) is 69.4 cm³/mol. The first-order chi connectivity index (χ1) is 8.72. The van der Waals surface area contributed by atoms with Gasteiger partial charge in [-0.15, -0.1) is 11.7 Å². The second-order valence-electron chi connectivity index (χ2n) is 3.41. The molecule has 0 fully saturated rings. The Labute approximate surface area is 112 Å². The molecule has 0 saturated heterocycles. The number of hydrogen-bond acceptors (Lipinski definition) is 4. The van der Waals surface area contributed by atoms with E-state index in [1.54, 1.807) is 18.2 Å². The summed E-state index contributed by atoms with van der Waals surface area (Å²) < 4.78 is 2.25. The van der Waals surface area contributed by atoms with Crippen LogP contribution in [0.1, 0.15) is 10.4 Å². The maximum Gasteiger partial charge on any atom is 0.253 e. The molecule has 2 aromatic rings. The van der Waals surface area contributed by atoms with E-state index in [1.165, 1.54) is 11.0 Å². The van der Waals surface area contributed by atoms with Crippen LogP contribution in [-0.2, 0) is 0 Å². The van der Waals surface area contributed by atoms with Gasteiger partial charge in [-0.25, -0.2) is 0 Å². The summed E-state index contributed by atoms with van der Waals surface area (Å²) in [7, 11) is 0. The molecule has 0 aliphatic heterocycles. The van der Waals surface area contributed by atoms with Crippen LogP contribution in [0.25, 0.3) is 5.69 Å². The van der Waals surface area contributed by atoms with Crippen molar-refractivity contribution < 1.29 is 4.79 Å². The van der Waals surface area contributed by atoms with Crippen LogP contribution in [0.3, 0.4) is 0 Å². The second-order valence-corrected chi connectivity index (χ2v) is 4.33. The van der Waals surface area contributed by atoms with Crippen molar-refractivity contribution in [1.29, 1.82) is 0 Å². The number of nitrogens with zero attached hydrogens (tertiary/aromatic N) is 4. The van der Waals surface area contributed by atoms with Crippen LogP contribution in [0.5, 0.6) is 0 Å². The quantitative estimate of drug-likeness (QED) is 0.865. The van der Waals surface area contributed by atoms with E-state index in [9.17, 15) is 4.79 Å².